The van der Waals surface area contributed by atoms with Crippen LogP contribution in [0.2, 0.25) is 0 Å². The second-order valence-electron chi connectivity index (χ2n) is 7.92. The third kappa shape index (κ3) is 11.0. The van der Waals surface area contributed by atoms with Crippen LogP contribution in [0.15, 0.2) is 30.3 Å². The van der Waals surface area contributed by atoms with Crippen LogP contribution in [0.25, 0.3) is 0 Å². The third-order valence-corrected chi connectivity index (χ3v) is 5.24. The zero-order chi connectivity index (χ0) is 22.2. The van der Waals surface area contributed by atoms with E-state index in [1.165, 1.54) is 25.7 Å². The van der Waals surface area contributed by atoms with Gasteiger partial charge in [0.25, 0.3) is 5.91 Å². The second kappa shape index (κ2) is 15.5. The summed E-state index contributed by atoms with van der Waals surface area (Å²) in [4.78, 5) is 37.4. The van der Waals surface area contributed by atoms with Crippen LogP contribution in [-0.4, -0.2) is 47.4 Å². The summed E-state index contributed by atoms with van der Waals surface area (Å²) in [7, 11) is 1.74. The molecule has 1 aromatic rings. The molecule has 0 aliphatic heterocycles. The minimum Gasteiger partial charge on any atom is -0.480 e. The van der Waals surface area contributed by atoms with E-state index in [9.17, 15) is 19.5 Å². The van der Waals surface area contributed by atoms with Crippen molar-refractivity contribution in [2.45, 2.75) is 83.6 Å². The maximum Gasteiger partial charge on any atom is 0.326 e. The van der Waals surface area contributed by atoms with Crippen molar-refractivity contribution in [2.75, 3.05) is 13.6 Å². The van der Waals surface area contributed by atoms with Crippen molar-refractivity contribution < 1.29 is 19.5 Å². The molecule has 0 saturated carbocycles. The zero-order valence-electron chi connectivity index (χ0n) is 18.6. The number of hydrogen-bond donors (Lipinski definition) is 2. The van der Waals surface area contributed by atoms with Crippen LogP contribution in [0.4, 0.5) is 0 Å². The van der Waals surface area contributed by atoms with Crippen LogP contribution in [0, 0.1) is 0 Å². The van der Waals surface area contributed by atoms with E-state index < -0.39 is 12.0 Å². The van der Waals surface area contributed by atoms with E-state index in [-0.39, 0.29) is 11.8 Å². The average Bonchev–Trinajstić information content (AvgIpc) is 2.74. The third-order valence-electron chi connectivity index (χ3n) is 5.24. The van der Waals surface area contributed by atoms with E-state index in [1.807, 2.05) is 18.2 Å². The first kappa shape index (κ1) is 25.7. The molecule has 0 heterocycles. The summed E-state index contributed by atoms with van der Waals surface area (Å²) in [5.41, 5.74) is 0.640. The monoisotopic (exact) mass is 418 g/mol. The van der Waals surface area contributed by atoms with Crippen molar-refractivity contribution >= 4 is 17.8 Å². The molecule has 2 N–H and O–H groups in total. The number of carboxylic acid groups (broad SMARTS) is 1. The van der Waals surface area contributed by atoms with Crippen molar-refractivity contribution in [3.05, 3.63) is 35.9 Å². The first-order valence-electron chi connectivity index (χ1n) is 11.3. The molecule has 0 spiro atoms. The molecule has 0 aliphatic rings. The van der Waals surface area contributed by atoms with Crippen molar-refractivity contribution in [3.63, 3.8) is 0 Å². The molecule has 0 radical (unpaired) electrons. The number of benzene rings is 1. The van der Waals surface area contributed by atoms with Gasteiger partial charge in [-0.05, 0) is 37.8 Å². The van der Waals surface area contributed by atoms with Gasteiger partial charge in [-0.25, -0.2) is 4.79 Å². The molecule has 30 heavy (non-hydrogen) atoms. The number of carbonyl (C=O) groups is 3. The summed E-state index contributed by atoms with van der Waals surface area (Å²) < 4.78 is 0. The van der Waals surface area contributed by atoms with Crippen molar-refractivity contribution in [3.8, 4) is 0 Å². The lowest BCUT2D eigenvalue weighted by molar-refractivity contribution is -0.142. The van der Waals surface area contributed by atoms with Crippen molar-refractivity contribution in [1.82, 2.24) is 10.2 Å². The smallest absolute Gasteiger partial charge is 0.326 e. The van der Waals surface area contributed by atoms with Gasteiger partial charge in [-0.1, -0.05) is 63.6 Å². The van der Waals surface area contributed by atoms with Crippen molar-refractivity contribution in [1.29, 1.82) is 0 Å². The number of rotatable bonds is 16. The van der Waals surface area contributed by atoms with Crippen LogP contribution >= 0.6 is 0 Å². The van der Waals surface area contributed by atoms with E-state index in [2.05, 4.69) is 12.2 Å². The van der Waals surface area contributed by atoms with Crippen LogP contribution in [0.3, 0.4) is 0 Å². The molecule has 1 aromatic carbocycles. The van der Waals surface area contributed by atoms with Gasteiger partial charge in [-0.15, -0.1) is 0 Å². The fourth-order valence-corrected chi connectivity index (χ4v) is 3.37. The van der Waals surface area contributed by atoms with Crippen molar-refractivity contribution in [2.24, 2.45) is 0 Å². The van der Waals surface area contributed by atoms with Gasteiger partial charge in [-0.2, -0.15) is 0 Å². The predicted octanol–water partition coefficient (Wildman–Crippen LogP) is 4.64. The van der Waals surface area contributed by atoms with E-state index in [1.54, 1.807) is 24.1 Å². The number of hydrogen-bond acceptors (Lipinski definition) is 3. The zero-order valence-corrected chi connectivity index (χ0v) is 18.6. The summed E-state index contributed by atoms with van der Waals surface area (Å²) in [6.07, 6.45) is 9.93. The molecule has 0 saturated heterocycles. The van der Waals surface area contributed by atoms with E-state index >= 15 is 0 Å². The predicted molar refractivity (Wildman–Crippen MR) is 119 cm³/mol. The molecule has 0 bridgehead atoms. The summed E-state index contributed by atoms with van der Waals surface area (Å²) in [6.45, 7) is 2.73. The summed E-state index contributed by atoms with van der Waals surface area (Å²) in [5.74, 6) is -1.24. The highest BCUT2D eigenvalue weighted by molar-refractivity contribution is 5.93. The fraction of sp³-hybridized carbons (Fsp3) is 0.625. The Morgan fingerprint density at radius 1 is 0.933 bits per heavy atom. The minimum atomic E-state index is -1.00. The molecule has 6 nitrogen and oxygen atoms in total. The molecule has 168 valence electrons. The topological polar surface area (TPSA) is 86.7 Å². The highest BCUT2D eigenvalue weighted by Gasteiger charge is 2.19. The molecule has 0 fully saturated rings. The number of nitrogens with one attached hydrogen (secondary N) is 1. The largest absolute Gasteiger partial charge is 0.480 e. The van der Waals surface area contributed by atoms with E-state index in [0.29, 0.717) is 37.8 Å². The molecule has 1 unspecified atom stereocenters. The molecule has 0 aromatic heterocycles. The Morgan fingerprint density at radius 3 is 2.20 bits per heavy atom. The molecule has 1 rings (SSSR count). The number of aliphatic carboxylic acids is 1. The minimum absolute atomic E-state index is 0.0478. The average molecular weight is 419 g/mol. The van der Waals surface area contributed by atoms with Gasteiger partial charge in [0.2, 0.25) is 5.91 Å². The lowest BCUT2D eigenvalue weighted by atomic mass is 10.1. The van der Waals surface area contributed by atoms with Gasteiger partial charge in [0.1, 0.15) is 6.04 Å². The molecular weight excluding hydrogens is 380 g/mol. The van der Waals surface area contributed by atoms with E-state index in [4.69, 9.17) is 0 Å². The highest BCUT2D eigenvalue weighted by atomic mass is 16.4. The van der Waals surface area contributed by atoms with Gasteiger partial charge in [-0.3, -0.25) is 9.59 Å². The maximum atomic E-state index is 12.3. The second-order valence-corrected chi connectivity index (χ2v) is 7.92. The van der Waals surface area contributed by atoms with Gasteiger partial charge in [0, 0.05) is 25.6 Å². The molecule has 6 heteroatoms. The number of unbranched alkanes of at least 4 members (excludes halogenated alkanes) is 7. The Bertz CT molecular complexity index is 633. The Morgan fingerprint density at radius 2 is 1.57 bits per heavy atom. The highest BCUT2D eigenvalue weighted by Crippen LogP contribution is 2.10. The Balaban J connectivity index is 2.23. The van der Waals surface area contributed by atoms with Crippen LogP contribution in [0.5, 0.6) is 0 Å². The number of nitrogens with zero attached hydrogens (tertiary/aromatic N) is 1. The Kier molecular flexibility index (Phi) is 13.2. The number of amides is 2. The van der Waals surface area contributed by atoms with Gasteiger partial charge < -0.3 is 15.3 Å². The fourth-order valence-electron chi connectivity index (χ4n) is 3.37. The standard InChI is InChI=1S/C24H38N2O4/c1-3-4-5-6-7-8-12-18-22(27)25-21(24(29)30)17-13-14-19-26(2)23(28)20-15-10-9-11-16-20/h9-11,15-16,21H,3-8,12-14,17-19H2,1-2H3,(H,25,27)(H,29,30). The van der Waals surface area contributed by atoms with Crippen LogP contribution < -0.4 is 5.32 Å². The van der Waals surface area contributed by atoms with E-state index in [0.717, 1.165) is 19.3 Å². The summed E-state index contributed by atoms with van der Waals surface area (Å²) in [5, 5.41) is 12.0. The van der Waals surface area contributed by atoms with Crippen LogP contribution in [-0.2, 0) is 9.59 Å². The van der Waals surface area contributed by atoms with Gasteiger partial charge in [0.15, 0.2) is 0 Å². The van der Waals surface area contributed by atoms with Gasteiger partial charge in [0.05, 0.1) is 0 Å². The quantitative estimate of drug-likeness (QED) is 0.383. The van der Waals surface area contributed by atoms with Gasteiger partial charge >= 0.3 is 5.97 Å². The number of carbonyl (C=O) groups excluding carboxylic acids is 2. The Hall–Kier alpha value is -2.37. The lowest BCUT2D eigenvalue weighted by Crippen LogP contribution is -2.40. The SMILES string of the molecule is CCCCCCCCCC(=O)NC(CCCCN(C)C(=O)c1ccccc1)C(=O)O. The first-order valence-corrected chi connectivity index (χ1v) is 11.3. The molecule has 1 atom stereocenters. The number of carboxylic acids is 1. The normalized spacial score (nSPS) is 11.7. The molecule has 2 amide bonds. The Labute approximate surface area is 181 Å². The first-order chi connectivity index (χ1) is 14.5. The summed E-state index contributed by atoms with van der Waals surface area (Å²) in [6, 6.07) is 8.21. The molecular formula is C24H38N2O4. The van der Waals surface area contributed by atoms with Crippen LogP contribution in [0.1, 0.15) is 87.9 Å². The summed E-state index contributed by atoms with van der Waals surface area (Å²) >= 11 is 0. The molecule has 0 aliphatic carbocycles. The lowest BCUT2D eigenvalue weighted by Gasteiger charge is -2.18. The maximum absolute atomic E-state index is 12.3.